The van der Waals surface area contributed by atoms with Crippen molar-refractivity contribution >= 4 is 40.2 Å². The van der Waals surface area contributed by atoms with Crippen molar-refractivity contribution < 1.29 is 18.7 Å². The van der Waals surface area contributed by atoms with Crippen LogP contribution in [0.5, 0.6) is 5.75 Å². The lowest BCUT2D eigenvalue weighted by Crippen LogP contribution is -2.10. The number of nitrogens with zero attached hydrogens (tertiary/aromatic N) is 1. The van der Waals surface area contributed by atoms with E-state index in [4.69, 9.17) is 26.1 Å². The number of ether oxygens (including phenoxy) is 2. The molecule has 0 atom stereocenters. The first-order chi connectivity index (χ1) is 15.6. The Morgan fingerprint density at radius 2 is 1.78 bits per heavy atom. The number of esters is 1. The third-order valence-corrected chi connectivity index (χ3v) is 6.24. The second-order valence-corrected chi connectivity index (χ2v) is 8.26. The van der Waals surface area contributed by atoms with Crippen molar-refractivity contribution in [3.8, 4) is 5.75 Å². The summed E-state index contributed by atoms with van der Waals surface area (Å²) in [6.45, 7) is -0.147. The van der Waals surface area contributed by atoms with Crippen molar-refractivity contribution in [2.75, 3.05) is 7.11 Å². The van der Waals surface area contributed by atoms with Crippen LogP contribution in [0.2, 0.25) is 5.02 Å². The minimum Gasteiger partial charge on any atom is -0.487 e. The fourth-order valence-electron chi connectivity index (χ4n) is 3.24. The van der Waals surface area contributed by atoms with Gasteiger partial charge in [-0.3, -0.25) is 0 Å². The third kappa shape index (κ3) is 4.71. The van der Waals surface area contributed by atoms with Crippen LogP contribution in [0.4, 0.5) is 4.39 Å². The number of hydrogen-bond donors (Lipinski definition) is 0. The molecule has 0 saturated carbocycles. The summed E-state index contributed by atoms with van der Waals surface area (Å²) in [5.41, 5.74) is 2.16. The second kappa shape index (κ2) is 10.0. The number of thioether (sulfide) groups is 1. The maximum atomic E-state index is 14.3. The number of methoxy groups -OCH3 is 1. The maximum absolute atomic E-state index is 14.3. The summed E-state index contributed by atoms with van der Waals surface area (Å²) in [6.07, 6.45) is 0. The number of aromatic nitrogens is 1. The molecule has 3 aromatic carbocycles. The topological polar surface area (TPSA) is 48.4 Å². The van der Waals surface area contributed by atoms with Gasteiger partial charge in [-0.2, -0.15) is 0 Å². The third-order valence-electron chi connectivity index (χ3n) is 4.84. The van der Waals surface area contributed by atoms with Crippen molar-refractivity contribution in [2.45, 2.75) is 17.4 Å². The molecule has 0 amide bonds. The molecule has 0 unspecified atom stereocenters. The van der Waals surface area contributed by atoms with Crippen molar-refractivity contribution in [2.24, 2.45) is 0 Å². The molecule has 0 aliphatic heterocycles. The van der Waals surface area contributed by atoms with Gasteiger partial charge < -0.3 is 9.47 Å². The number of para-hydroxylation sites is 1. The van der Waals surface area contributed by atoms with Gasteiger partial charge >= 0.3 is 5.97 Å². The van der Waals surface area contributed by atoms with Crippen LogP contribution in [0.1, 0.15) is 21.5 Å². The molecule has 0 aliphatic carbocycles. The predicted octanol–water partition coefficient (Wildman–Crippen LogP) is 6.69. The molecule has 1 aromatic heterocycles. The van der Waals surface area contributed by atoms with Gasteiger partial charge in [0.1, 0.15) is 28.8 Å². The monoisotopic (exact) mass is 467 g/mol. The molecule has 32 heavy (non-hydrogen) atoms. The van der Waals surface area contributed by atoms with E-state index >= 15 is 0 Å². The minimum atomic E-state index is -0.576. The summed E-state index contributed by atoms with van der Waals surface area (Å²) in [7, 11) is 1.31. The number of carbonyl (C=O) groups is 1. The van der Waals surface area contributed by atoms with Crippen LogP contribution in [-0.4, -0.2) is 18.1 Å². The van der Waals surface area contributed by atoms with Crippen molar-refractivity contribution in [3.05, 3.63) is 100 Å². The Labute approximate surface area is 194 Å². The molecule has 0 bridgehead atoms. The van der Waals surface area contributed by atoms with Gasteiger partial charge in [-0.05, 0) is 29.8 Å². The summed E-state index contributed by atoms with van der Waals surface area (Å²) in [4.78, 5) is 17.5. The first-order valence-electron chi connectivity index (χ1n) is 9.82. The largest absolute Gasteiger partial charge is 0.487 e. The highest BCUT2D eigenvalue weighted by atomic mass is 35.5. The molecule has 162 valence electrons. The van der Waals surface area contributed by atoms with Gasteiger partial charge in [0.25, 0.3) is 0 Å². The van der Waals surface area contributed by atoms with E-state index < -0.39 is 11.8 Å². The Kier molecular flexibility index (Phi) is 6.93. The summed E-state index contributed by atoms with van der Waals surface area (Å²) < 4.78 is 25.4. The van der Waals surface area contributed by atoms with E-state index in [9.17, 15) is 9.18 Å². The normalized spacial score (nSPS) is 10.8. The fraction of sp³-hybridized carbons (Fsp3) is 0.120. The summed E-state index contributed by atoms with van der Waals surface area (Å²) in [5, 5.41) is 1.36. The number of rotatable bonds is 7. The van der Waals surface area contributed by atoms with Crippen LogP contribution in [0.3, 0.4) is 0 Å². The summed E-state index contributed by atoms with van der Waals surface area (Å²) in [5.74, 6) is -0.158. The molecule has 0 radical (unpaired) electrons. The molecule has 4 aromatic rings. The Morgan fingerprint density at radius 3 is 2.53 bits per heavy atom. The number of halogens is 2. The number of pyridine rings is 1. The highest BCUT2D eigenvalue weighted by Gasteiger charge is 2.24. The predicted molar refractivity (Wildman–Crippen MR) is 125 cm³/mol. The highest BCUT2D eigenvalue weighted by molar-refractivity contribution is 7.98. The van der Waals surface area contributed by atoms with E-state index in [1.807, 2.05) is 48.5 Å². The van der Waals surface area contributed by atoms with Gasteiger partial charge in [0.15, 0.2) is 0 Å². The zero-order valence-corrected chi connectivity index (χ0v) is 18.8. The molecule has 0 aliphatic rings. The number of fused-ring (bicyclic) bond motifs is 1. The van der Waals surface area contributed by atoms with Crippen LogP contribution in [0.25, 0.3) is 10.9 Å². The average molecular weight is 468 g/mol. The van der Waals surface area contributed by atoms with Crippen molar-refractivity contribution in [1.82, 2.24) is 4.98 Å². The summed E-state index contributed by atoms with van der Waals surface area (Å²) >= 11 is 7.57. The zero-order valence-electron chi connectivity index (χ0n) is 17.2. The first kappa shape index (κ1) is 22.1. The molecule has 0 saturated heterocycles. The standard InChI is InChI=1S/C25H19ClFNO3S/c1-30-25(29)22-23(31-14-18-19(26)11-7-12-20(18)27)17-10-5-6-13-21(17)28-24(22)32-15-16-8-3-2-4-9-16/h2-13H,14-15H2,1H3. The number of hydrogen-bond acceptors (Lipinski definition) is 5. The highest BCUT2D eigenvalue weighted by Crippen LogP contribution is 2.38. The Morgan fingerprint density at radius 1 is 1.03 bits per heavy atom. The van der Waals surface area contributed by atoms with Crippen LogP contribution >= 0.6 is 23.4 Å². The van der Waals surface area contributed by atoms with E-state index in [0.717, 1.165) is 5.56 Å². The number of carbonyl (C=O) groups excluding carboxylic acids is 1. The molecule has 1 heterocycles. The van der Waals surface area contributed by atoms with Gasteiger partial charge in [0.2, 0.25) is 0 Å². The van der Waals surface area contributed by atoms with Crippen molar-refractivity contribution in [1.29, 1.82) is 0 Å². The first-order valence-corrected chi connectivity index (χ1v) is 11.2. The van der Waals surface area contributed by atoms with Crippen LogP contribution < -0.4 is 4.74 Å². The van der Waals surface area contributed by atoms with Gasteiger partial charge in [-0.1, -0.05) is 60.1 Å². The van der Waals surface area contributed by atoms with Gasteiger partial charge in [-0.25, -0.2) is 14.2 Å². The quantitative estimate of drug-likeness (QED) is 0.224. The fourth-order valence-corrected chi connectivity index (χ4v) is 4.43. The SMILES string of the molecule is COC(=O)c1c(SCc2ccccc2)nc2ccccc2c1OCc1c(F)cccc1Cl. The Balaban J connectivity index is 1.78. The molecule has 0 spiro atoms. The lowest BCUT2D eigenvalue weighted by atomic mass is 10.1. The molecule has 0 fully saturated rings. The lowest BCUT2D eigenvalue weighted by molar-refractivity contribution is 0.0590. The molecular weight excluding hydrogens is 449 g/mol. The van der Waals surface area contributed by atoms with E-state index in [1.165, 1.54) is 31.0 Å². The van der Waals surface area contributed by atoms with Gasteiger partial charge in [-0.15, -0.1) is 11.8 Å². The van der Waals surface area contributed by atoms with E-state index in [0.29, 0.717) is 21.7 Å². The number of benzene rings is 3. The van der Waals surface area contributed by atoms with Crippen LogP contribution in [-0.2, 0) is 17.1 Å². The van der Waals surface area contributed by atoms with Gasteiger partial charge in [0, 0.05) is 16.7 Å². The smallest absolute Gasteiger partial charge is 0.344 e. The molecular formula is C25H19ClFNO3S. The lowest BCUT2D eigenvalue weighted by Gasteiger charge is -2.17. The zero-order chi connectivity index (χ0) is 22.5. The van der Waals surface area contributed by atoms with E-state index in [-0.39, 0.29) is 28.5 Å². The maximum Gasteiger partial charge on any atom is 0.344 e. The molecule has 0 N–H and O–H groups in total. The molecule has 4 nitrogen and oxygen atoms in total. The van der Waals surface area contributed by atoms with Crippen LogP contribution in [0.15, 0.2) is 77.8 Å². The second-order valence-electron chi connectivity index (χ2n) is 6.89. The minimum absolute atomic E-state index is 0.147. The summed E-state index contributed by atoms with van der Waals surface area (Å²) in [6, 6.07) is 21.6. The molecule has 4 rings (SSSR count). The van der Waals surface area contributed by atoms with Gasteiger partial charge in [0.05, 0.1) is 17.6 Å². The van der Waals surface area contributed by atoms with Crippen LogP contribution in [0, 0.1) is 5.82 Å². The Bertz CT molecular complexity index is 1250. The Hall–Kier alpha value is -3.09. The molecule has 7 heteroatoms. The van der Waals surface area contributed by atoms with Crippen molar-refractivity contribution in [3.63, 3.8) is 0 Å². The average Bonchev–Trinajstić information content (AvgIpc) is 2.82. The van der Waals surface area contributed by atoms with E-state index in [1.54, 1.807) is 12.1 Å². The van der Waals surface area contributed by atoms with E-state index in [2.05, 4.69) is 0 Å².